The number of furan rings is 1. The summed E-state index contributed by atoms with van der Waals surface area (Å²) in [5, 5.41) is 8.35. The lowest BCUT2D eigenvalue weighted by Crippen LogP contribution is -2.31. The highest BCUT2D eigenvalue weighted by atomic mass is 35.5. The van der Waals surface area contributed by atoms with Gasteiger partial charge >= 0.3 is 5.97 Å². The van der Waals surface area contributed by atoms with Crippen molar-refractivity contribution < 1.29 is 18.7 Å². The fourth-order valence-corrected chi connectivity index (χ4v) is 4.37. The van der Waals surface area contributed by atoms with Gasteiger partial charge in [0.25, 0.3) is 5.91 Å². The number of rotatable bonds is 6. The van der Waals surface area contributed by atoms with Crippen LogP contribution in [-0.2, 0) is 20.7 Å². The van der Waals surface area contributed by atoms with Gasteiger partial charge < -0.3 is 9.15 Å². The third-order valence-electron chi connectivity index (χ3n) is 5.04. The average Bonchev–Trinajstić information content (AvgIpc) is 3.55. The Morgan fingerprint density at radius 3 is 2.84 bits per heavy atom. The number of hydrazone groups is 1. The van der Waals surface area contributed by atoms with Crippen molar-refractivity contribution in [2.75, 3.05) is 6.61 Å². The first-order valence-electron chi connectivity index (χ1n) is 9.82. The molecule has 1 unspecified atom stereocenters. The van der Waals surface area contributed by atoms with Crippen molar-refractivity contribution in [1.29, 1.82) is 0 Å². The third-order valence-corrected chi connectivity index (χ3v) is 6.06. The van der Waals surface area contributed by atoms with E-state index in [1.165, 1.54) is 16.3 Å². The summed E-state index contributed by atoms with van der Waals surface area (Å²) in [5.41, 5.74) is 2.17. The molecule has 0 N–H and O–H groups in total. The maximum atomic E-state index is 12.9. The molecule has 1 aliphatic heterocycles. The fourth-order valence-electron chi connectivity index (χ4n) is 3.53. The zero-order valence-corrected chi connectivity index (χ0v) is 18.3. The molecule has 0 saturated carbocycles. The highest BCUT2D eigenvalue weighted by molar-refractivity contribution is 7.15. The third kappa shape index (κ3) is 4.17. The van der Waals surface area contributed by atoms with E-state index in [2.05, 4.69) is 10.1 Å². The Balaban J connectivity index is 1.27. The van der Waals surface area contributed by atoms with Crippen molar-refractivity contribution in [2.24, 2.45) is 5.10 Å². The second kappa shape index (κ2) is 8.60. The first-order chi connectivity index (χ1) is 15.6. The van der Waals surface area contributed by atoms with Gasteiger partial charge in [-0.15, -0.1) is 11.3 Å². The van der Waals surface area contributed by atoms with E-state index in [4.69, 9.17) is 20.8 Å². The molecule has 10 heteroatoms. The minimum absolute atomic E-state index is 0.0113. The summed E-state index contributed by atoms with van der Waals surface area (Å²) in [6.45, 7) is -0.421. The quantitative estimate of drug-likeness (QED) is 0.397. The van der Waals surface area contributed by atoms with Gasteiger partial charge in [-0.05, 0) is 29.8 Å². The van der Waals surface area contributed by atoms with Gasteiger partial charge in [-0.1, -0.05) is 23.7 Å². The van der Waals surface area contributed by atoms with E-state index < -0.39 is 24.5 Å². The summed E-state index contributed by atoms with van der Waals surface area (Å²) in [5.74, 6) is -0.357. The van der Waals surface area contributed by atoms with E-state index in [1.807, 2.05) is 28.1 Å². The summed E-state index contributed by atoms with van der Waals surface area (Å²) >= 11 is 7.46. The molecular weight excluding hydrogens is 452 g/mol. The smallest absolute Gasteiger partial charge is 0.312 e. The summed E-state index contributed by atoms with van der Waals surface area (Å²) in [7, 11) is 0. The fraction of sp³-hybridized carbons (Fsp3) is 0.182. The summed E-state index contributed by atoms with van der Waals surface area (Å²) in [4.78, 5) is 30.3. The highest BCUT2D eigenvalue weighted by Crippen LogP contribution is 2.33. The minimum Gasteiger partial charge on any atom is -0.467 e. The standard InChI is InChI=1S/C22H17ClN4O4S/c23-15-5-3-14(4-6-15)17-11-18(19-2-1-8-30-19)27(25-17)20(28)13-31-21(29)10-16-12-26-7-9-32-22(26)24-16/h1-9,12,18H,10-11,13H2. The molecule has 4 heterocycles. The van der Waals surface area contributed by atoms with Crippen molar-refractivity contribution >= 4 is 45.5 Å². The monoisotopic (exact) mass is 468 g/mol. The van der Waals surface area contributed by atoms with Gasteiger partial charge in [0.15, 0.2) is 11.6 Å². The second-order valence-corrected chi connectivity index (χ2v) is 8.50. The maximum Gasteiger partial charge on any atom is 0.312 e. The van der Waals surface area contributed by atoms with Crippen LogP contribution in [0.15, 0.2) is 70.0 Å². The van der Waals surface area contributed by atoms with Crippen LogP contribution in [0.5, 0.6) is 0 Å². The molecule has 0 bridgehead atoms. The van der Waals surface area contributed by atoms with Gasteiger partial charge in [-0.3, -0.25) is 14.0 Å². The van der Waals surface area contributed by atoms with Crippen LogP contribution in [-0.4, -0.2) is 38.6 Å². The zero-order chi connectivity index (χ0) is 22.1. The van der Waals surface area contributed by atoms with Crippen molar-refractivity contribution in [3.8, 4) is 0 Å². The number of aromatic nitrogens is 2. The van der Waals surface area contributed by atoms with Crippen LogP contribution in [0.4, 0.5) is 0 Å². The molecule has 1 atom stereocenters. The largest absolute Gasteiger partial charge is 0.467 e. The lowest BCUT2D eigenvalue weighted by atomic mass is 10.0. The van der Waals surface area contributed by atoms with Crippen LogP contribution in [0.3, 0.4) is 0 Å². The molecule has 8 nitrogen and oxygen atoms in total. The maximum absolute atomic E-state index is 12.9. The Morgan fingerprint density at radius 2 is 2.09 bits per heavy atom. The summed E-state index contributed by atoms with van der Waals surface area (Å²) < 4.78 is 12.6. The number of ether oxygens (including phenoxy) is 1. The van der Waals surface area contributed by atoms with E-state index in [0.29, 0.717) is 22.9 Å². The molecule has 32 heavy (non-hydrogen) atoms. The van der Waals surface area contributed by atoms with Gasteiger partial charge in [0, 0.05) is 29.2 Å². The van der Waals surface area contributed by atoms with Crippen molar-refractivity contribution in [2.45, 2.75) is 18.9 Å². The molecule has 162 valence electrons. The van der Waals surface area contributed by atoms with E-state index in [1.54, 1.807) is 36.7 Å². The normalized spacial score (nSPS) is 15.8. The Morgan fingerprint density at radius 1 is 1.25 bits per heavy atom. The summed E-state index contributed by atoms with van der Waals surface area (Å²) in [6.07, 6.45) is 5.64. The van der Waals surface area contributed by atoms with E-state index >= 15 is 0 Å². The molecule has 1 amide bonds. The van der Waals surface area contributed by atoms with Gasteiger partial charge in [-0.25, -0.2) is 9.99 Å². The van der Waals surface area contributed by atoms with E-state index in [9.17, 15) is 9.59 Å². The van der Waals surface area contributed by atoms with Crippen molar-refractivity contribution in [3.05, 3.63) is 82.5 Å². The van der Waals surface area contributed by atoms with Crippen LogP contribution in [0, 0.1) is 0 Å². The van der Waals surface area contributed by atoms with Crippen molar-refractivity contribution in [3.63, 3.8) is 0 Å². The summed E-state index contributed by atoms with van der Waals surface area (Å²) in [6, 6.07) is 10.4. The highest BCUT2D eigenvalue weighted by Gasteiger charge is 2.35. The number of imidazole rings is 1. The zero-order valence-electron chi connectivity index (χ0n) is 16.7. The lowest BCUT2D eigenvalue weighted by molar-refractivity contribution is -0.152. The number of amides is 1. The number of carbonyl (C=O) groups is 2. The van der Waals surface area contributed by atoms with E-state index in [-0.39, 0.29) is 6.42 Å². The Kier molecular flexibility index (Phi) is 5.50. The predicted molar refractivity (Wildman–Crippen MR) is 119 cm³/mol. The number of hydrogen-bond donors (Lipinski definition) is 0. The number of carbonyl (C=O) groups excluding carboxylic acids is 2. The topological polar surface area (TPSA) is 89.4 Å². The lowest BCUT2D eigenvalue weighted by Gasteiger charge is -2.19. The molecule has 4 aromatic rings. The SMILES string of the molecule is O=C(Cc1cn2ccsc2n1)OCC(=O)N1N=C(c2ccc(Cl)cc2)CC1c1ccco1. The molecular formula is C22H17ClN4O4S. The van der Waals surface area contributed by atoms with Crippen LogP contribution in [0.1, 0.15) is 29.5 Å². The second-order valence-electron chi connectivity index (χ2n) is 7.19. The van der Waals surface area contributed by atoms with E-state index in [0.717, 1.165) is 16.2 Å². The Hall–Kier alpha value is -3.43. The molecule has 0 spiro atoms. The van der Waals surface area contributed by atoms with Crippen LogP contribution < -0.4 is 0 Å². The number of nitrogens with zero attached hydrogens (tertiary/aromatic N) is 4. The van der Waals surface area contributed by atoms with Gasteiger partial charge in [0.2, 0.25) is 0 Å². The molecule has 0 fully saturated rings. The molecule has 0 saturated heterocycles. The van der Waals surface area contributed by atoms with Crippen molar-refractivity contribution in [1.82, 2.24) is 14.4 Å². The minimum atomic E-state index is -0.528. The van der Waals surface area contributed by atoms with Gasteiger partial charge in [-0.2, -0.15) is 5.10 Å². The van der Waals surface area contributed by atoms with Crippen LogP contribution >= 0.6 is 22.9 Å². The number of halogens is 1. The number of thiazole rings is 1. The number of fused-ring (bicyclic) bond motifs is 1. The number of benzene rings is 1. The first kappa shape index (κ1) is 20.5. The molecule has 0 radical (unpaired) electrons. The molecule has 5 rings (SSSR count). The van der Waals surface area contributed by atoms with Crippen LogP contribution in [0.25, 0.3) is 4.96 Å². The number of esters is 1. The van der Waals surface area contributed by atoms with Crippen LogP contribution in [0.2, 0.25) is 5.02 Å². The Labute approximate surface area is 191 Å². The predicted octanol–water partition coefficient (Wildman–Crippen LogP) is 4.11. The Bertz CT molecular complexity index is 1260. The first-order valence-corrected chi connectivity index (χ1v) is 11.1. The molecule has 0 aliphatic carbocycles. The molecule has 1 aliphatic rings. The average molecular weight is 469 g/mol. The molecule has 1 aromatic carbocycles. The number of hydrogen-bond acceptors (Lipinski definition) is 7. The van der Waals surface area contributed by atoms with Gasteiger partial charge in [0.1, 0.15) is 11.8 Å². The molecule has 3 aromatic heterocycles. The van der Waals surface area contributed by atoms with Gasteiger partial charge in [0.05, 0.1) is 24.1 Å².